The zero-order chi connectivity index (χ0) is 12.0. The molecule has 0 bridgehead atoms. The summed E-state index contributed by atoms with van der Waals surface area (Å²) in [5, 5.41) is 6.03. The van der Waals surface area contributed by atoms with Crippen LogP contribution in [-0.4, -0.2) is 17.4 Å². The molecule has 0 spiro atoms. The number of hydrogen-bond donors (Lipinski definition) is 2. The second-order valence-electron chi connectivity index (χ2n) is 3.70. The lowest BCUT2D eigenvalue weighted by Crippen LogP contribution is -2.27. The maximum Gasteiger partial charge on any atom is 0.220 e. The maximum absolute atomic E-state index is 11.5. The van der Waals surface area contributed by atoms with E-state index >= 15 is 0 Å². The summed E-state index contributed by atoms with van der Waals surface area (Å²) in [5.41, 5.74) is 6.30. The van der Waals surface area contributed by atoms with Crippen LogP contribution in [0.5, 0.6) is 0 Å². The Kier molecular flexibility index (Phi) is 11.7. The quantitative estimate of drug-likeness (QED) is 0.847. The molecular formula is C11H21Cl2N3OS. The Bertz CT molecular complexity index is 347. The average molecular weight is 314 g/mol. The molecule has 0 saturated heterocycles. The van der Waals surface area contributed by atoms with E-state index in [1.165, 1.54) is 0 Å². The highest BCUT2D eigenvalue weighted by Gasteiger charge is 2.11. The number of nitrogens with two attached hydrogens (primary N) is 1. The van der Waals surface area contributed by atoms with Crippen LogP contribution in [-0.2, 0) is 11.2 Å². The smallest absolute Gasteiger partial charge is 0.220 e. The van der Waals surface area contributed by atoms with Gasteiger partial charge in [-0.1, -0.05) is 6.92 Å². The highest BCUT2D eigenvalue weighted by Crippen LogP contribution is 2.16. The van der Waals surface area contributed by atoms with Crippen molar-refractivity contribution in [3.05, 3.63) is 16.1 Å². The molecule has 1 heterocycles. The summed E-state index contributed by atoms with van der Waals surface area (Å²) in [6.45, 7) is 4.58. The summed E-state index contributed by atoms with van der Waals surface area (Å²) in [4.78, 5) is 15.9. The molecule has 1 aromatic heterocycles. The van der Waals surface area contributed by atoms with Gasteiger partial charge in [0, 0.05) is 11.8 Å². The molecule has 0 aliphatic heterocycles. The van der Waals surface area contributed by atoms with Gasteiger partial charge >= 0.3 is 0 Å². The lowest BCUT2D eigenvalue weighted by atomic mass is 10.2. The van der Waals surface area contributed by atoms with Crippen LogP contribution in [0.1, 0.15) is 43.4 Å². The van der Waals surface area contributed by atoms with Crippen molar-refractivity contribution in [3.63, 3.8) is 0 Å². The molecule has 106 valence electrons. The van der Waals surface area contributed by atoms with Crippen LogP contribution in [0.2, 0.25) is 0 Å². The summed E-state index contributed by atoms with van der Waals surface area (Å²) < 4.78 is 0. The van der Waals surface area contributed by atoms with Crippen molar-refractivity contribution in [2.75, 3.05) is 6.54 Å². The number of thiazole rings is 1. The Morgan fingerprint density at radius 3 is 2.72 bits per heavy atom. The van der Waals surface area contributed by atoms with Gasteiger partial charge in [0.05, 0.1) is 16.7 Å². The van der Waals surface area contributed by atoms with E-state index in [9.17, 15) is 4.79 Å². The van der Waals surface area contributed by atoms with E-state index in [0.29, 0.717) is 13.0 Å². The molecule has 0 saturated carbocycles. The van der Waals surface area contributed by atoms with Gasteiger partial charge in [0.1, 0.15) is 0 Å². The van der Waals surface area contributed by atoms with Gasteiger partial charge < -0.3 is 11.1 Å². The van der Waals surface area contributed by atoms with Gasteiger partial charge in [-0.3, -0.25) is 4.79 Å². The van der Waals surface area contributed by atoms with E-state index in [2.05, 4.69) is 17.2 Å². The number of aromatic nitrogens is 1. The molecule has 0 fully saturated rings. The van der Waals surface area contributed by atoms with Crippen LogP contribution in [0.3, 0.4) is 0 Å². The molecule has 18 heavy (non-hydrogen) atoms. The van der Waals surface area contributed by atoms with Gasteiger partial charge in [-0.05, 0) is 26.3 Å². The summed E-state index contributed by atoms with van der Waals surface area (Å²) in [6, 6.07) is -0.0122. The molecule has 0 aromatic carbocycles. The number of halogens is 2. The van der Waals surface area contributed by atoms with Crippen molar-refractivity contribution in [1.29, 1.82) is 0 Å². The first-order valence-corrected chi connectivity index (χ1v) is 6.49. The first kappa shape index (κ1) is 20.0. The van der Waals surface area contributed by atoms with E-state index in [4.69, 9.17) is 5.73 Å². The van der Waals surface area contributed by atoms with E-state index in [1.54, 1.807) is 11.3 Å². The third kappa shape index (κ3) is 6.54. The number of amides is 1. The van der Waals surface area contributed by atoms with Crippen molar-refractivity contribution in [3.8, 4) is 0 Å². The van der Waals surface area contributed by atoms with Gasteiger partial charge in [-0.25, -0.2) is 4.98 Å². The Hall–Kier alpha value is -0.360. The molecule has 0 aliphatic rings. The largest absolute Gasteiger partial charge is 0.348 e. The normalized spacial score (nSPS) is 11.1. The lowest BCUT2D eigenvalue weighted by Gasteiger charge is -2.11. The number of carbonyl (C=O) groups excluding carboxylic acids is 1. The van der Waals surface area contributed by atoms with Gasteiger partial charge in [0.25, 0.3) is 0 Å². The number of carbonyl (C=O) groups is 1. The van der Waals surface area contributed by atoms with Gasteiger partial charge in [-0.15, -0.1) is 36.2 Å². The van der Waals surface area contributed by atoms with Gasteiger partial charge in [0.15, 0.2) is 0 Å². The van der Waals surface area contributed by atoms with Crippen LogP contribution >= 0.6 is 36.2 Å². The predicted octanol–water partition coefficient (Wildman–Crippen LogP) is 2.47. The van der Waals surface area contributed by atoms with Crippen LogP contribution in [0.15, 0.2) is 5.38 Å². The van der Waals surface area contributed by atoms with Gasteiger partial charge in [-0.2, -0.15) is 0 Å². The molecule has 1 atom stereocenters. The van der Waals surface area contributed by atoms with E-state index in [1.807, 2.05) is 12.3 Å². The van der Waals surface area contributed by atoms with Crippen molar-refractivity contribution < 1.29 is 4.79 Å². The number of rotatable bonds is 6. The Labute approximate surface area is 125 Å². The summed E-state index contributed by atoms with van der Waals surface area (Å²) in [5.74, 6) is 0.0454. The lowest BCUT2D eigenvalue weighted by molar-refractivity contribution is -0.121. The van der Waals surface area contributed by atoms with Crippen molar-refractivity contribution in [2.24, 2.45) is 5.73 Å². The van der Waals surface area contributed by atoms with Crippen molar-refractivity contribution >= 4 is 42.1 Å². The molecule has 4 nitrogen and oxygen atoms in total. The maximum atomic E-state index is 11.5. The molecule has 7 heteroatoms. The third-order valence-electron chi connectivity index (χ3n) is 2.30. The van der Waals surface area contributed by atoms with E-state index in [0.717, 1.165) is 23.5 Å². The first-order valence-electron chi connectivity index (χ1n) is 5.61. The summed E-state index contributed by atoms with van der Waals surface area (Å²) in [6.07, 6.45) is 2.17. The van der Waals surface area contributed by atoms with E-state index < -0.39 is 0 Å². The highest BCUT2D eigenvalue weighted by molar-refractivity contribution is 7.09. The van der Waals surface area contributed by atoms with Crippen LogP contribution in [0.25, 0.3) is 0 Å². The minimum Gasteiger partial charge on any atom is -0.348 e. The molecule has 0 radical (unpaired) electrons. The van der Waals surface area contributed by atoms with E-state index in [-0.39, 0.29) is 36.8 Å². The van der Waals surface area contributed by atoms with Gasteiger partial charge in [0.2, 0.25) is 5.91 Å². The number of hydrogen-bond acceptors (Lipinski definition) is 4. The summed E-state index contributed by atoms with van der Waals surface area (Å²) >= 11 is 1.64. The monoisotopic (exact) mass is 313 g/mol. The Balaban J connectivity index is 0. The SMILES string of the molecule is CCc1nc(C(C)NC(=O)CCCN)cs1.Cl.Cl. The molecule has 1 aromatic rings. The number of nitrogens with one attached hydrogen (secondary N) is 1. The first-order chi connectivity index (χ1) is 7.67. The zero-order valence-corrected chi connectivity index (χ0v) is 13.1. The van der Waals surface area contributed by atoms with Crippen molar-refractivity contribution in [1.82, 2.24) is 10.3 Å². The number of aryl methyl sites for hydroxylation is 1. The second-order valence-corrected chi connectivity index (χ2v) is 4.64. The standard InChI is InChI=1S/C11H19N3OS.2ClH/c1-3-11-14-9(7-16-11)8(2)13-10(15)5-4-6-12;;/h7-8H,3-6,12H2,1-2H3,(H,13,15);2*1H. The molecule has 1 amide bonds. The van der Waals surface area contributed by atoms with Crippen molar-refractivity contribution in [2.45, 2.75) is 39.2 Å². The highest BCUT2D eigenvalue weighted by atomic mass is 35.5. The van der Waals surface area contributed by atoms with Crippen LogP contribution < -0.4 is 11.1 Å². The van der Waals surface area contributed by atoms with Crippen LogP contribution in [0, 0.1) is 0 Å². The zero-order valence-electron chi connectivity index (χ0n) is 10.6. The number of nitrogens with zero attached hydrogens (tertiary/aromatic N) is 1. The third-order valence-corrected chi connectivity index (χ3v) is 3.31. The molecule has 0 aliphatic carbocycles. The summed E-state index contributed by atoms with van der Waals surface area (Å²) in [7, 11) is 0. The second kappa shape index (κ2) is 10.6. The molecule has 1 rings (SSSR count). The fourth-order valence-corrected chi connectivity index (χ4v) is 2.17. The average Bonchev–Trinajstić information content (AvgIpc) is 2.74. The fourth-order valence-electron chi connectivity index (χ4n) is 1.34. The minimum atomic E-state index is -0.0122. The predicted molar refractivity (Wildman–Crippen MR) is 80.8 cm³/mol. The molecular weight excluding hydrogens is 293 g/mol. The Morgan fingerprint density at radius 2 is 2.22 bits per heavy atom. The topological polar surface area (TPSA) is 68.0 Å². The minimum absolute atomic E-state index is 0. The molecule has 3 N–H and O–H groups in total. The fraction of sp³-hybridized carbons (Fsp3) is 0.636. The van der Waals surface area contributed by atoms with Crippen LogP contribution in [0.4, 0.5) is 0 Å². The Morgan fingerprint density at radius 1 is 1.56 bits per heavy atom. The molecule has 1 unspecified atom stereocenters.